The Morgan fingerprint density at radius 2 is 1.82 bits per heavy atom. The van der Waals surface area contributed by atoms with Gasteiger partial charge in [0.05, 0.1) is 24.7 Å². The Bertz CT molecular complexity index is 683. The minimum atomic E-state index is -0.109. The summed E-state index contributed by atoms with van der Waals surface area (Å²) in [4.78, 5) is 30.3. The van der Waals surface area contributed by atoms with E-state index in [1.807, 2.05) is 31.2 Å². The number of nitriles is 1. The maximum atomic E-state index is 12.4. The molecular formula is C21H31N5O2. The Morgan fingerprint density at radius 1 is 1.14 bits per heavy atom. The normalized spacial score (nSPS) is 15.5. The van der Waals surface area contributed by atoms with Crippen LogP contribution in [0.4, 0.5) is 0 Å². The minimum absolute atomic E-state index is 0.0211. The van der Waals surface area contributed by atoms with Crippen LogP contribution in [0.2, 0.25) is 0 Å². The number of carbonyl (C=O) groups excluding carboxylic acids is 2. The Kier molecular flexibility index (Phi) is 8.92. The average molecular weight is 386 g/mol. The number of carbonyl (C=O) groups is 2. The molecule has 0 aromatic heterocycles. The van der Waals surface area contributed by atoms with Gasteiger partial charge in [0, 0.05) is 33.2 Å². The highest BCUT2D eigenvalue weighted by atomic mass is 16.2. The summed E-state index contributed by atoms with van der Waals surface area (Å²) < 4.78 is 0. The molecule has 0 atom stereocenters. The van der Waals surface area contributed by atoms with Crippen molar-refractivity contribution in [3.63, 3.8) is 0 Å². The monoisotopic (exact) mass is 385 g/mol. The largest absolute Gasteiger partial charge is 0.355 e. The van der Waals surface area contributed by atoms with E-state index in [0.29, 0.717) is 18.7 Å². The van der Waals surface area contributed by atoms with Crippen molar-refractivity contribution < 1.29 is 9.59 Å². The third-order valence-electron chi connectivity index (χ3n) is 4.91. The fourth-order valence-corrected chi connectivity index (χ4v) is 3.22. The van der Waals surface area contributed by atoms with Crippen molar-refractivity contribution in [2.45, 2.75) is 26.3 Å². The second-order valence-electron chi connectivity index (χ2n) is 7.31. The molecule has 152 valence electrons. The SMILES string of the molecule is CCCNC(=O)CN(C)C(=O)CN1CCCN(Cc2ccc(C#N)cc2)CC1. The van der Waals surface area contributed by atoms with E-state index in [1.165, 1.54) is 10.5 Å². The van der Waals surface area contributed by atoms with Gasteiger partial charge in [-0.1, -0.05) is 19.1 Å². The predicted octanol–water partition coefficient (Wildman–Crippen LogP) is 1.05. The van der Waals surface area contributed by atoms with Crippen molar-refractivity contribution in [2.75, 3.05) is 52.9 Å². The van der Waals surface area contributed by atoms with Crippen LogP contribution in [-0.4, -0.2) is 79.4 Å². The van der Waals surface area contributed by atoms with Crippen LogP contribution in [0.25, 0.3) is 0 Å². The summed E-state index contributed by atoms with van der Waals surface area (Å²) in [5, 5.41) is 11.7. The van der Waals surface area contributed by atoms with Gasteiger partial charge in [0.2, 0.25) is 11.8 Å². The molecule has 2 rings (SSSR count). The van der Waals surface area contributed by atoms with Crippen LogP contribution >= 0.6 is 0 Å². The molecule has 0 bridgehead atoms. The Balaban J connectivity index is 1.76. The summed E-state index contributed by atoms with van der Waals surface area (Å²) in [5.41, 5.74) is 1.87. The van der Waals surface area contributed by atoms with E-state index in [1.54, 1.807) is 7.05 Å². The lowest BCUT2D eigenvalue weighted by Gasteiger charge is -2.24. The standard InChI is InChI=1S/C21H31N5O2/c1-3-9-23-20(27)16-24(2)21(28)17-26-11-4-10-25(12-13-26)15-19-7-5-18(14-22)6-8-19/h5-8H,3-4,9-13,15-17H2,1-2H3,(H,23,27). The molecule has 1 aliphatic heterocycles. The maximum absolute atomic E-state index is 12.4. The summed E-state index contributed by atoms with van der Waals surface area (Å²) in [6.45, 7) is 7.54. The average Bonchev–Trinajstić information content (AvgIpc) is 2.92. The first-order chi connectivity index (χ1) is 13.5. The van der Waals surface area contributed by atoms with E-state index in [-0.39, 0.29) is 18.4 Å². The molecule has 0 radical (unpaired) electrons. The van der Waals surface area contributed by atoms with E-state index in [9.17, 15) is 9.59 Å². The van der Waals surface area contributed by atoms with Crippen LogP contribution in [-0.2, 0) is 16.1 Å². The van der Waals surface area contributed by atoms with Crippen molar-refractivity contribution in [3.05, 3.63) is 35.4 Å². The van der Waals surface area contributed by atoms with Crippen molar-refractivity contribution in [1.29, 1.82) is 5.26 Å². The molecule has 0 unspecified atom stereocenters. The molecule has 0 saturated carbocycles. The molecule has 1 saturated heterocycles. The van der Waals surface area contributed by atoms with Crippen molar-refractivity contribution in [2.24, 2.45) is 0 Å². The van der Waals surface area contributed by atoms with Crippen LogP contribution in [0.5, 0.6) is 0 Å². The first kappa shape index (κ1) is 21.9. The van der Waals surface area contributed by atoms with Gasteiger partial charge in [0.1, 0.15) is 0 Å². The van der Waals surface area contributed by atoms with Gasteiger partial charge in [0.25, 0.3) is 0 Å². The lowest BCUT2D eigenvalue weighted by atomic mass is 10.1. The Morgan fingerprint density at radius 3 is 2.50 bits per heavy atom. The Labute approximate surface area is 167 Å². The van der Waals surface area contributed by atoms with Crippen LogP contribution in [0.15, 0.2) is 24.3 Å². The van der Waals surface area contributed by atoms with Gasteiger partial charge in [-0.15, -0.1) is 0 Å². The number of benzene rings is 1. The van der Waals surface area contributed by atoms with Crippen LogP contribution in [0.3, 0.4) is 0 Å². The van der Waals surface area contributed by atoms with E-state index < -0.39 is 0 Å². The van der Waals surface area contributed by atoms with Crippen LogP contribution in [0.1, 0.15) is 30.9 Å². The molecule has 1 N–H and O–H groups in total. The predicted molar refractivity (Wildman–Crippen MR) is 108 cm³/mol. The van der Waals surface area contributed by atoms with Crippen LogP contribution < -0.4 is 5.32 Å². The van der Waals surface area contributed by atoms with E-state index >= 15 is 0 Å². The van der Waals surface area contributed by atoms with E-state index in [2.05, 4.69) is 21.2 Å². The molecular weight excluding hydrogens is 354 g/mol. The van der Waals surface area contributed by atoms with Gasteiger partial charge in [0.15, 0.2) is 0 Å². The molecule has 7 heteroatoms. The summed E-state index contributed by atoms with van der Waals surface area (Å²) in [6.07, 6.45) is 1.89. The molecule has 0 aliphatic carbocycles. The molecule has 1 aromatic rings. The Hall–Kier alpha value is -2.43. The molecule has 0 spiro atoms. The van der Waals surface area contributed by atoms with Crippen molar-refractivity contribution in [1.82, 2.24) is 20.0 Å². The van der Waals surface area contributed by atoms with E-state index in [4.69, 9.17) is 5.26 Å². The molecule has 2 amide bonds. The minimum Gasteiger partial charge on any atom is -0.355 e. The lowest BCUT2D eigenvalue weighted by Crippen LogP contribution is -2.44. The summed E-state index contributed by atoms with van der Waals surface area (Å²) in [6, 6.07) is 9.85. The molecule has 1 aromatic carbocycles. The fourth-order valence-electron chi connectivity index (χ4n) is 3.22. The fraction of sp³-hybridized carbons (Fsp3) is 0.571. The summed E-state index contributed by atoms with van der Waals surface area (Å²) in [7, 11) is 1.68. The number of rotatable bonds is 8. The zero-order chi connectivity index (χ0) is 20.4. The highest BCUT2D eigenvalue weighted by molar-refractivity contribution is 5.85. The third kappa shape index (κ3) is 7.29. The molecule has 1 aliphatic rings. The number of likely N-dealkylation sites (N-methyl/N-ethyl adjacent to an activating group) is 1. The quantitative estimate of drug-likeness (QED) is 0.724. The second-order valence-corrected chi connectivity index (χ2v) is 7.31. The summed E-state index contributed by atoms with van der Waals surface area (Å²) >= 11 is 0. The zero-order valence-corrected chi connectivity index (χ0v) is 17.0. The zero-order valence-electron chi connectivity index (χ0n) is 17.0. The van der Waals surface area contributed by atoms with Gasteiger partial charge in [-0.2, -0.15) is 5.26 Å². The van der Waals surface area contributed by atoms with Gasteiger partial charge < -0.3 is 10.2 Å². The third-order valence-corrected chi connectivity index (χ3v) is 4.91. The molecule has 7 nitrogen and oxygen atoms in total. The highest BCUT2D eigenvalue weighted by Gasteiger charge is 2.20. The second kappa shape index (κ2) is 11.4. The lowest BCUT2D eigenvalue weighted by molar-refractivity contribution is -0.135. The van der Waals surface area contributed by atoms with Gasteiger partial charge in [-0.25, -0.2) is 0 Å². The molecule has 1 fully saturated rings. The number of nitrogens with one attached hydrogen (secondary N) is 1. The number of hydrogen-bond donors (Lipinski definition) is 1. The van der Waals surface area contributed by atoms with E-state index in [0.717, 1.165) is 45.6 Å². The van der Waals surface area contributed by atoms with Gasteiger partial charge in [-0.3, -0.25) is 19.4 Å². The van der Waals surface area contributed by atoms with Gasteiger partial charge >= 0.3 is 0 Å². The van der Waals surface area contributed by atoms with Crippen molar-refractivity contribution in [3.8, 4) is 6.07 Å². The number of hydrogen-bond acceptors (Lipinski definition) is 5. The maximum Gasteiger partial charge on any atom is 0.239 e. The first-order valence-electron chi connectivity index (χ1n) is 9.96. The molecule has 28 heavy (non-hydrogen) atoms. The number of amides is 2. The molecule has 1 heterocycles. The van der Waals surface area contributed by atoms with Crippen LogP contribution in [0, 0.1) is 11.3 Å². The first-order valence-corrected chi connectivity index (χ1v) is 9.96. The van der Waals surface area contributed by atoms with Crippen molar-refractivity contribution >= 4 is 11.8 Å². The van der Waals surface area contributed by atoms with Gasteiger partial charge in [-0.05, 0) is 43.6 Å². The topological polar surface area (TPSA) is 79.7 Å². The number of nitrogens with zero attached hydrogens (tertiary/aromatic N) is 4. The smallest absolute Gasteiger partial charge is 0.239 e. The highest BCUT2D eigenvalue weighted by Crippen LogP contribution is 2.10. The summed E-state index contributed by atoms with van der Waals surface area (Å²) in [5.74, 6) is -0.130.